The molecule has 2 aromatic rings. The highest BCUT2D eigenvalue weighted by Gasteiger charge is 2.30. The van der Waals surface area contributed by atoms with Crippen LogP contribution < -0.4 is 4.72 Å². The molecule has 0 atom stereocenters. The molecule has 0 aliphatic carbocycles. The standard InChI is InChI=1S/C12H10F3NO2S2/c1-8-2-7-11(19-8)20(17,18)16-10-5-3-9(4-6-10)12(13,14)15/h2-7,16H,1H3. The smallest absolute Gasteiger partial charge is 0.279 e. The van der Waals surface area contributed by atoms with Crippen molar-refractivity contribution in [2.45, 2.75) is 17.3 Å². The van der Waals surface area contributed by atoms with Crippen LogP contribution >= 0.6 is 11.3 Å². The lowest BCUT2D eigenvalue weighted by molar-refractivity contribution is -0.137. The maximum atomic E-state index is 12.4. The van der Waals surface area contributed by atoms with Gasteiger partial charge in [0, 0.05) is 10.6 Å². The van der Waals surface area contributed by atoms with Crippen molar-refractivity contribution in [2.75, 3.05) is 4.72 Å². The Morgan fingerprint density at radius 2 is 1.65 bits per heavy atom. The Morgan fingerprint density at radius 1 is 1.05 bits per heavy atom. The van der Waals surface area contributed by atoms with E-state index in [1.54, 1.807) is 13.0 Å². The van der Waals surface area contributed by atoms with Crippen LogP contribution in [0.2, 0.25) is 0 Å². The van der Waals surface area contributed by atoms with E-state index in [1.165, 1.54) is 6.07 Å². The molecule has 0 aliphatic heterocycles. The molecule has 20 heavy (non-hydrogen) atoms. The molecule has 8 heteroatoms. The fraction of sp³-hybridized carbons (Fsp3) is 0.167. The summed E-state index contributed by atoms with van der Waals surface area (Å²) in [6.45, 7) is 1.77. The summed E-state index contributed by atoms with van der Waals surface area (Å²) in [6, 6.07) is 6.94. The van der Waals surface area contributed by atoms with E-state index in [1.807, 2.05) is 0 Å². The van der Waals surface area contributed by atoms with Gasteiger partial charge in [0.25, 0.3) is 10.0 Å². The first-order chi connectivity index (χ1) is 9.18. The maximum absolute atomic E-state index is 12.4. The van der Waals surface area contributed by atoms with E-state index in [0.29, 0.717) is 0 Å². The molecule has 1 aromatic carbocycles. The van der Waals surface area contributed by atoms with Crippen molar-refractivity contribution in [3.8, 4) is 0 Å². The molecule has 0 aliphatic rings. The Bertz CT molecular complexity index is 703. The Hall–Kier alpha value is -1.54. The summed E-state index contributed by atoms with van der Waals surface area (Å²) < 4.78 is 63.5. The van der Waals surface area contributed by atoms with Gasteiger partial charge in [-0.05, 0) is 43.3 Å². The normalized spacial score (nSPS) is 12.4. The minimum Gasteiger partial charge on any atom is -0.279 e. The molecule has 0 bridgehead atoms. The zero-order chi connectivity index (χ0) is 15.0. The van der Waals surface area contributed by atoms with E-state index in [-0.39, 0.29) is 9.90 Å². The summed E-state index contributed by atoms with van der Waals surface area (Å²) in [4.78, 5) is 0.831. The Balaban J connectivity index is 2.22. The average molecular weight is 321 g/mol. The Kier molecular flexibility index (Phi) is 3.79. The molecule has 108 valence electrons. The van der Waals surface area contributed by atoms with Gasteiger partial charge in [-0.3, -0.25) is 4.72 Å². The fourth-order valence-electron chi connectivity index (χ4n) is 1.49. The minimum atomic E-state index is -4.44. The zero-order valence-corrected chi connectivity index (χ0v) is 11.9. The van der Waals surface area contributed by atoms with E-state index in [2.05, 4.69) is 4.72 Å². The van der Waals surface area contributed by atoms with Crippen molar-refractivity contribution in [1.29, 1.82) is 0 Å². The van der Waals surface area contributed by atoms with Gasteiger partial charge in [0.1, 0.15) is 4.21 Å². The van der Waals surface area contributed by atoms with Gasteiger partial charge in [0.15, 0.2) is 0 Å². The highest BCUT2D eigenvalue weighted by atomic mass is 32.2. The van der Waals surface area contributed by atoms with Crippen molar-refractivity contribution >= 4 is 27.0 Å². The Morgan fingerprint density at radius 3 is 2.10 bits per heavy atom. The SMILES string of the molecule is Cc1ccc(S(=O)(=O)Nc2ccc(C(F)(F)F)cc2)s1. The number of thiophene rings is 1. The van der Waals surface area contributed by atoms with E-state index in [4.69, 9.17) is 0 Å². The quantitative estimate of drug-likeness (QED) is 0.932. The number of benzene rings is 1. The Labute approximate surface area is 118 Å². The van der Waals surface area contributed by atoms with Gasteiger partial charge in [-0.2, -0.15) is 13.2 Å². The van der Waals surface area contributed by atoms with Gasteiger partial charge in [-0.15, -0.1) is 11.3 Å². The third kappa shape index (κ3) is 3.31. The molecule has 0 saturated carbocycles. The third-order valence-corrected chi connectivity index (χ3v) is 5.32. The molecular weight excluding hydrogens is 311 g/mol. The summed E-state index contributed by atoms with van der Waals surface area (Å²) in [5, 5.41) is 0. The number of hydrogen-bond acceptors (Lipinski definition) is 3. The lowest BCUT2D eigenvalue weighted by atomic mass is 10.2. The second kappa shape index (κ2) is 5.10. The molecule has 1 aromatic heterocycles. The molecule has 1 N–H and O–H groups in total. The van der Waals surface area contributed by atoms with Gasteiger partial charge in [-0.25, -0.2) is 8.42 Å². The second-order valence-corrected chi connectivity index (χ2v) is 7.24. The zero-order valence-electron chi connectivity index (χ0n) is 10.2. The number of anilines is 1. The summed E-state index contributed by atoms with van der Waals surface area (Å²) in [5.41, 5.74) is -0.739. The lowest BCUT2D eigenvalue weighted by Gasteiger charge is -2.09. The number of rotatable bonds is 3. The summed E-state index contributed by atoms with van der Waals surface area (Å²) in [6.07, 6.45) is -4.44. The first-order valence-corrected chi connectivity index (χ1v) is 7.75. The van der Waals surface area contributed by atoms with E-state index in [9.17, 15) is 21.6 Å². The van der Waals surface area contributed by atoms with Crippen molar-refractivity contribution in [3.63, 3.8) is 0 Å². The van der Waals surface area contributed by atoms with Crippen LogP contribution in [-0.2, 0) is 16.2 Å². The first-order valence-electron chi connectivity index (χ1n) is 5.45. The average Bonchev–Trinajstić information content (AvgIpc) is 2.76. The van der Waals surface area contributed by atoms with E-state index < -0.39 is 21.8 Å². The highest BCUT2D eigenvalue weighted by molar-refractivity contribution is 7.94. The number of nitrogens with one attached hydrogen (secondary N) is 1. The van der Waals surface area contributed by atoms with Crippen molar-refractivity contribution in [1.82, 2.24) is 0 Å². The maximum Gasteiger partial charge on any atom is 0.416 e. The van der Waals surface area contributed by atoms with Gasteiger partial charge in [0.2, 0.25) is 0 Å². The lowest BCUT2D eigenvalue weighted by Crippen LogP contribution is -2.12. The highest BCUT2D eigenvalue weighted by Crippen LogP contribution is 2.30. The molecule has 0 radical (unpaired) electrons. The predicted molar refractivity (Wildman–Crippen MR) is 71.3 cm³/mol. The molecular formula is C12H10F3NO2S2. The number of sulfonamides is 1. The molecule has 0 amide bonds. The van der Waals surface area contributed by atoms with Crippen LogP contribution in [0.1, 0.15) is 10.4 Å². The van der Waals surface area contributed by atoms with Crippen LogP contribution in [-0.4, -0.2) is 8.42 Å². The topological polar surface area (TPSA) is 46.2 Å². The predicted octanol–water partition coefficient (Wildman–Crippen LogP) is 3.88. The number of alkyl halides is 3. The second-order valence-electron chi connectivity index (χ2n) is 4.05. The minimum absolute atomic E-state index is 0.0871. The molecule has 0 saturated heterocycles. The monoisotopic (exact) mass is 321 g/mol. The largest absolute Gasteiger partial charge is 0.416 e. The number of halogens is 3. The summed E-state index contributed by atoms with van der Waals surface area (Å²) in [7, 11) is -3.75. The fourth-order valence-corrected chi connectivity index (χ4v) is 3.83. The molecule has 1 heterocycles. The van der Waals surface area contributed by atoms with Gasteiger partial charge in [0.05, 0.1) is 5.56 Å². The number of aryl methyl sites for hydroxylation is 1. The summed E-state index contributed by atoms with van der Waals surface area (Å²) in [5.74, 6) is 0. The first kappa shape index (κ1) is 14.9. The van der Waals surface area contributed by atoms with E-state index >= 15 is 0 Å². The van der Waals surface area contributed by atoms with Crippen molar-refractivity contribution in [2.24, 2.45) is 0 Å². The third-order valence-electron chi connectivity index (χ3n) is 2.45. The van der Waals surface area contributed by atoms with E-state index in [0.717, 1.165) is 40.5 Å². The van der Waals surface area contributed by atoms with Gasteiger partial charge < -0.3 is 0 Å². The molecule has 0 fully saturated rings. The molecule has 0 spiro atoms. The van der Waals surface area contributed by atoms with Crippen LogP contribution in [0.25, 0.3) is 0 Å². The molecule has 0 unspecified atom stereocenters. The summed E-state index contributed by atoms with van der Waals surface area (Å²) >= 11 is 1.09. The van der Waals surface area contributed by atoms with Crippen molar-refractivity contribution in [3.05, 3.63) is 46.8 Å². The van der Waals surface area contributed by atoms with Gasteiger partial charge in [-0.1, -0.05) is 0 Å². The van der Waals surface area contributed by atoms with Crippen LogP contribution in [0.5, 0.6) is 0 Å². The van der Waals surface area contributed by atoms with Crippen LogP contribution in [0, 0.1) is 6.92 Å². The van der Waals surface area contributed by atoms with Crippen molar-refractivity contribution < 1.29 is 21.6 Å². The van der Waals surface area contributed by atoms with Gasteiger partial charge >= 0.3 is 6.18 Å². The molecule has 3 nitrogen and oxygen atoms in total. The van der Waals surface area contributed by atoms with Crippen LogP contribution in [0.3, 0.4) is 0 Å². The molecule has 2 rings (SSSR count). The number of hydrogen-bond donors (Lipinski definition) is 1. The van der Waals surface area contributed by atoms with Crippen LogP contribution in [0.4, 0.5) is 18.9 Å². The van der Waals surface area contributed by atoms with Crippen LogP contribution in [0.15, 0.2) is 40.6 Å².